The number of aromatic nitrogens is 2. The standard InChI is InChI=1S/C54H46N2/c1-53(2,3)41-19-23-45-39(31-41)29-37-27-35(17-21-43(37)45)47-25-26-48(36-18-22-44-38(28-36)30-40-32-42(54(4,5)6)20-24-46(40)44)52-51(47)55-49(33-13-9-7-10-14-33)50(56-52)34-15-11-8-12-16-34/h7-28,31-32H,29-30H2,1-6H3. The molecule has 0 radical (unpaired) electrons. The van der Waals surface area contributed by atoms with Crippen LogP contribution in [0.1, 0.15) is 74.9 Å². The molecule has 2 nitrogen and oxygen atoms in total. The normalized spacial score (nSPS) is 13.0. The lowest BCUT2D eigenvalue weighted by Gasteiger charge is -2.20. The Labute approximate surface area is 331 Å². The van der Waals surface area contributed by atoms with Crippen LogP contribution in [0, 0.1) is 0 Å². The number of nitrogens with zero attached hydrogens (tertiary/aromatic N) is 2. The summed E-state index contributed by atoms with van der Waals surface area (Å²) >= 11 is 0. The van der Waals surface area contributed by atoms with Gasteiger partial charge in [-0.05, 0) is 90.4 Å². The van der Waals surface area contributed by atoms with E-state index in [9.17, 15) is 0 Å². The molecular formula is C54H46N2. The zero-order valence-electron chi connectivity index (χ0n) is 33.2. The topological polar surface area (TPSA) is 25.8 Å². The van der Waals surface area contributed by atoms with Gasteiger partial charge in [-0.1, -0.05) is 187 Å². The van der Waals surface area contributed by atoms with Crippen LogP contribution in [-0.4, -0.2) is 9.97 Å². The van der Waals surface area contributed by atoms with E-state index in [4.69, 9.17) is 9.97 Å². The predicted molar refractivity (Wildman–Crippen MR) is 235 cm³/mol. The lowest BCUT2D eigenvalue weighted by atomic mass is 9.85. The third-order valence-corrected chi connectivity index (χ3v) is 12.0. The number of rotatable bonds is 4. The zero-order valence-corrected chi connectivity index (χ0v) is 33.2. The van der Waals surface area contributed by atoms with Gasteiger partial charge in [-0.3, -0.25) is 0 Å². The molecule has 0 amide bonds. The van der Waals surface area contributed by atoms with Crippen LogP contribution >= 0.6 is 0 Å². The van der Waals surface area contributed by atoms with Crippen molar-refractivity contribution in [3.8, 4) is 67.0 Å². The van der Waals surface area contributed by atoms with E-state index in [1.54, 1.807) is 0 Å². The van der Waals surface area contributed by atoms with Gasteiger partial charge in [-0.2, -0.15) is 0 Å². The summed E-state index contributed by atoms with van der Waals surface area (Å²) < 4.78 is 0. The van der Waals surface area contributed by atoms with Gasteiger partial charge in [-0.15, -0.1) is 0 Å². The summed E-state index contributed by atoms with van der Waals surface area (Å²) in [6.07, 6.45) is 1.87. The Morgan fingerprint density at radius 1 is 0.339 bits per heavy atom. The smallest absolute Gasteiger partial charge is 0.0979 e. The molecule has 0 atom stereocenters. The summed E-state index contributed by atoms with van der Waals surface area (Å²) in [7, 11) is 0. The molecule has 2 aliphatic rings. The Balaban J connectivity index is 1.15. The van der Waals surface area contributed by atoms with Gasteiger partial charge < -0.3 is 0 Å². The third-order valence-electron chi connectivity index (χ3n) is 12.0. The molecule has 1 heterocycles. The summed E-state index contributed by atoms with van der Waals surface area (Å²) in [4.78, 5) is 11.3. The van der Waals surface area contributed by atoms with E-state index in [2.05, 4.69) is 187 Å². The Kier molecular flexibility index (Phi) is 7.80. The molecule has 0 spiro atoms. The summed E-state index contributed by atoms with van der Waals surface area (Å²) in [6, 6.07) is 53.7. The van der Waals surface area contributed by atoms with E-state index >= 15 is 0 Å². The molecule has 0 fully saturated rings. The van der Waals surface area contributed by atoms with Gasteiger partial charge in [0.15, 0.2) is 0 Å². The van der Waals surface area contributed by atoms with Crippen molar-refractivity contribution >= 4 is 11.0 Å². The minimum Gasteiger partial charge on any atom is -0.243 e. The molecule has 0 aliphatic heterocycles. The minimum atomic E-state index is 0.113. The Morgan fingerprint density at radius 3 is 1.05 bits per heavy atom. The maximum Gasteiger partial charge on any atom is 0.0979 e. The molecule has 0 saturated heterocycles. The monoisotopic (exact) mass is 722 g/mol. The third kappa shape index (κ3) is 5.78. The van der Waals surface area contributed by atoms with Crippen molar-refractivity contribution in [2.75, 3.05) is 0 Å². The van der Waals surface area contributed by atoms with Crippen LogP contribution in [0.3, 0.4) is 0 Å². The van der Waals surface area contributed by atoms with E-state index in [1.165, 1.54) is 66.8 Å². The van der Waals surface area contributed by atoms with Crippen molar-refractivity contribution in [1.29, 1.82) is 0 Å². The van der Waals surface area contributed by atoms with Crippen LogP contribution in [0.4, 0.5) is 0 Å². The summed E-state index contributed by atoms with van der Waals surface area (Å²) in [5.41, 5.74) is 24.2. The van der Waals surface area contributed by atoms with Crippen LogP contribution in [-0.2, 0) is 23.7 Å². The first-order valence-corrected chi connectivity index (χ1v) is 20.0. The average Bonchev–Trinajstić information content (AvgIpc) is 3.76. The van der Waals surface area contributed by atoms with Gasteiger partial charge in [0.2, 0.25) is 0 Å². The molecule has 2 aliphatic carbocycles. The van der Waals surface area contributed by atoms with E-state index in [-0.39, 0.29) is 10.8 Å². The van der Waals surface area contributed by atoms with Crippen molar-refractivity contribution in [3.05, 3.63) is 179 Å². The number of hydrogen-bond acceptors (Lipinski definition) is 2. The lowest BCUT2D eigenvalue weighted by Crippen LogP contribution is -2.11. The van der Waals surface area contributed by atoms with Gasteiger partial charge in [0.05, 0.1) is 22.4 Å². The molecule has 1 aromatic heterocycles. The van der Waals surface area contributed by atoms with E-state index in [1.807, 2.05) is 0 Å². The first-order chi connectivity index (χ1) is 27.0. The van der Waals surface area contributed by atoms with Crippen LogP contribution in [0.15, 0.2) is 146 Å². The molecule has 0 saturated carbocycles. The molecule has 56 heavy (non-hydrogen) atoms. The van der Waals surface area contributed by atoms with Crippen LogP contribution in [0.25, 0.3) is 78.1 Å². The maximum absolute atomic E-state index is 5.63. The van der Waals surface area contributed by atoms with Crippen molar-refractivity contribution in [2.24, 2.45) is 0 Å². The summed E-state index contributed by atoms with van der Waals surface area (Å²) in [5.74, 6) is 0. The first kappa shape index (κ1) is 34.4. The molecule has 0 bridgehead atoms. The second-order valence-corrected chi connectivity index (χ2v) is 17.9. The highest BCUT2D eigenvalue weighted by atomic mass is 14.8. The fourth-order valence-electron chi connectivity index (χ4n) is 8.89. The quantitative estimate of drug-likeness (QED) is 0.181. The van der Waals surface area contributed by atoms with Gasteiger partial charge in [0, 0.05) is 22.3 Å². The van der Waals surface area contributed by atoms with E-state index in [0.29, 0.717) is 0 Å². The highest BCUT2D eigenvalue weighted by Crippen LogP contribution is 2.45. The molecule has 10 rings (SSSR count). The Bertz CT molecular complexity index is 2650. The predicted octanol–water partition coefficient (Wildman–Crippen LogP) is 14.0. The van der Waals surface area contributed by atoms with Crippen LogP contribution < -0.4 is 0 Å². The Morgan fingerprint density at radius 2 is 0.679 bits per heavy atom. The molecule has 272 valence electrons. The van der Waals surface area contributed by atoms with Crippen LogP contribution in [0.2, 0.25) is 0 Å². The number of fused-ring (bicyclic) bond motifs is 7. The largest absolute Gasteiger partial charge is 0.243 e. The summed E-state index contributed by atoms with van der Waals surface area (Å²) in [6.45, 7) is 13.8. The van der Waals surface area contributed by atoms with Gasteiger partial charge in [0.25, 0.3) is 0 Å². The molecule has 8 aromatic rings. The maximum atomic E-state index is 5.63. The van der Waals surface area contributed by atoms with Gasteiger partial charge >= 0.3 is 0 Å². The Hall–Kier alpha value is -6.12. The van der Waals surface area contributed by atoms with Gasteiger partial charge in [-0.25, -0.2) is 9.97 Å². The van der Waals surface area contributed by atoms with Crippen LogP contribution in [0.5, 0.6) is 0 Å². The zero-order chi connectivity index (χ0) is 38.3. The van der Waals surface area contributed by atoms with Gasteiger partial charge in [0.1, 0.15) is 0 Å². The average molecular weight is 723 g/mol. The fraction of sp³-hybridized carbons (Fsp3) is 0.185. The second-order valence-electron chi connectivity index (χ2n) is 17.9. The van der Waals surface area contributed by atoms with Crippen molar-refractivity contribution in [1.82, 2.24) is 9.97 Å². The molecular weight excluding hydrogens is 677 g/mol. The SMILES string of the molecule is CC(C)(C)c1ccc2c(c1)Cc1cc(-c3ccc(-c4ccc5c(c4)Cc4cc(C(C)(C)C)ccc4-5)c4nc(-c5ccccc5)c(-c5ccccc5)nc34)ccc1-2. The number of benzene rings is 7. The van der Waals surface area contributed by atoms with Crippen molar-refractivity contribution < 1.29 is 0 Å². The highest BCUT2D eigenvalue weighted by Gasteiger charge is 2.26. The van der Waals surface area contributed by atoms with Crippen molar-refractivity contribution in [2.45, 2.75) is 65.2 Å². The summed E-state index contributed by atoms with van der Waals surface area (Å²) in [5, 5.41) is 0. The molecule has 0 N–H and O–H groups in total. The van der Waals surface area contributed by atoms with E-state index in [0.717, 1.165) is 57.5 Å². The van der Waals surface area contributed by atoms with Crippen molar-refractivity contribution in [3.63, 3.8) is 0 Å². The fourth-order valence-corrected chi connectivity index (χ4v) is 8.89. The lowest BCUT2D eigenvalue weighted by molar-refractivity contribution is 0.589. The second kappa shape index (κ2) is 12.7. The van der Waals surface area contributed by atoms with E-state index < -0.39 is 0 Å². The minimum absolute atomic E-state index is 0.113. The molecule has 0 unspecified atom stereocenters. The molecule has 7 aromatic carbocycles. The number of hydrogen-bond donors (Lipinski definition) is 0. The first-order valence-electron chi connectivity index (χ1n) is 20.0. The highest BCUT2D eigenvalue weighted by molar-refractivity contribution is 6.03. The molecule has 2 heteroatoms.